The molecule has 2 rings (SSSR count). The van der Waals surface area contributed by atoms with Gasteiger partial charge in [0.1, 0.15) is 18.4 Å². The minimum atomic E-state index is -0.379. The van der Waals surface area contributed by atoms with Crippen molar-refractivity contribution in [3.8, 4) is 6.07 Å². The molecule has 0 N–H and O–H groups in total. The van der Waals surface area contributed by atoms with E-state index in [0.717, 1.165) is 11.1 Å². The van der Waals surface area contributed by atoms with Crippen LogP contribution in [0.2, 0.25) is 0 Å². The quantitative estimate of drug-likeness (QED) is 0.811. The van der Waals surface area contributed by atoms with E-state index in [-0.39, 0.29) is 18.0 Å². The van der Waals surface area contributed by atoms with Crippen molar-refractivity contribution in [2.24, 2.45) is 0 Å². The molecule has 0 saturated carbocycles. The molecule has 0 aliphatic carbocycles. The van der Waals surface area contributed by atoms with Gasteiger partial charge >= 0.3 is 5.97 Å². The van der Waals surface area contributed by atoms with Crippen LogP contribution in [0.4, 0.5) is 0 Å². The number of esters is 1. The molecule has 0 unspecified atom stereocenters. The van der Waals surface area contributed by atoms with Crippen LogP contribution in [0.15, 0.2) is 42.6 Å². The lowest BCUT2D eigenvalue weighted by molar-refractivity contribution is 0.0472. The van der Waals surface area contributed by atoms with E-state index in [2.05, 4.69) is 25.8 Å². The number of ether oxygens (including phenoxy) is 1. The normalized spacial score (nSPS) is 10.8. The maximum absolute atomic E-state index is 12.0. The van der Waals surface area contributed by atoms with Gasteiger partial charge in [-0.25, -0.2) is 9.78 Å². The van der Waals surface area contributed by atoms with Crippen molar-refractivity contribution in [2.75, 3.05) is 0 Å². The Morgan fingerprint density at radius 1 is 1.23 bits per heavy atom. The molecule has 4 heteroatoms. The van der Waals surface area contributed by atoms with Gasteiger partial charge in [0, 0.05) is 6.20 Å². The van der Waals surface area contributed by atoms with E-state index < -0.39 is 0 Å². The number of nitriles is 1. The fourth-order valence-corrected chi connectivity index (χ4v) is 1.96. The Labute approximate surface area is 130 Å². The predicted octanol–water partition coefficient (Wildman–Crippen LogP) is 3.61. The molecular weight excluding hydrogens is 276 g/mol. The lowest BCUT2D eigenvalue weighted by Crippen LogP contribution is -2.12. The monoisotopic (exact) mass is 294 g/mol. The second-order valence-electron chi connectivity index (χ2n) is 6.06. The maximum atomic E-state index is 12.0. The molecule has 4 nitrogen and oxygen atoms in total. The summed E-state index contributed by atoms with van der Waals surface area (Å²) < 4.78 is 5.26. The fourth-order valence-electron chi connectivity index (χ4n) is 1.96. The van der Waals surface area contributed by atoms with Gasteiger partial charge in [0.25, 0.3) is 0 Å². The number of hydrogen-bond acceptors (Lipinski definition) is 4. The SMILES string of the molecule is CC(C)(C)c1ccc(C(=O)OCc2ccnc(C#N)c2)cc1. The van der Waals surface area contributed by atoms with E-state index in [1.807, 2.05) is 18.2 Å². The van der Waals surface area contributed by atoms with Crippen LogP contribution in [0, 0.1) is 11.3 Å². The van der Waals surface area contributed by atoms with E-state index in [1.54, 1.807) is 24.3 Å². The molecule has 0 amide bonds. The smallest absolute Gasteiger partial charge is 0.338 e. The summed E-state index contributed by atoms with van der Waals surface area (Å²) in [5, 5.41) is 8.79. The van der Waals surface area contributed by atoms with Crippen molar-refractivity contribution in [3.63, 3.8) is 0 Å². The molecule has 0 bridgehead atoms. The highest BCUT2D eigenvalue weighted by Crippen LogP contribution is 2.22. The number of pyridine rings is 1. The van der Waals surface area contributed by atoms with E-state index in [1.165, 1.54) is 6.20 Å². The standard InChI is InChI=1S/C18H18N2O2/c1-18(2,3)15-6-4-14(5-7-15)17(21)22-12-13-8-9-20-16(10-13)11-19/h4-10H,12H2,1-3H3. The lowest BCUT2D eigenvalue weighted by atomic mass is 9.87. The number of hydrogen-bond donors (Lipinski definition) is 0. The highest BCUT2D eigenvalue weighted by Gasteiger charge is 2.14. The van der Waals surface area contributed by atoms with Gasteiger partial charge in [-0.2, -0.15) is 5.26 Å². The van der Waals surface area contributed by atoms with Crippen molar-refractivity contribution in [1.29, 1.82) is 5.26 Å². The van der Waals surface area contributed by atoms with Gasteiger partial charge < -0.3 is 4.74 Å². The zero-order valence-corrected chi connectivity index (χ0v) is 13.0. The molecule has 0 spiro atoms. The third-order valence-electron chi connectivity index (χ3n) is 3.30. The molecule has 0 aliphatic rings. The van der Waals surface area contributed by atoms with Gasteiger partial charge in [-0.05, 0) is 40.8 Å². The first-order valence-corrected chi connectivity index (χ1v) is 7.03. The summed E-state index contributed by atoms with van der Waals surface area (Å²) in [5.74, 6) is -0.379. The van der Waals surface area contributed by atoms with Gasteiger partial charge in [-0.3, -0.25) is 0 Å². The van der Waals surface area contributed by atoms with E-state index in [4.69, 9.17) is 10.00 Å². The summed E-state index contributed by atoms with van der Waals surface area (Å²) in [6.45, 7) is 6.49. The topological polar surface area (TPSA) is 63.0 Å². The fraction of sp³-hybridized carbons (Fsp3) is 0.278. The zero-order chi connectivity index (χ0) is 16.2. The molecule has 0 radical (unpaired) electrons. The second kappa shape index (κ2) is 6.40. The number of benzene rings is 1. The number of carbonyl (C=O) groups is 1. The Morgan fingerprint density at radius 3 is 2.50 bits per heavy atom. The number of carbonyl (C=O) groups excluding carboxylic acids is 1. The molecule has 1 aromatic heterocycles. The van der Waals surface area contributed by atoms with Crippen LogP contribution in [0.5, 0.6) is 0 Å². The van der Waals surface area contributed by atoms with E-state index >= 15 is 0 Å². The molecule has 0 aliphatic heterocycles. The van der Waals surface area contributed by atoms with Crippen LogP contribution in [0.3, 0.4) is 0 Å². The van der Waals surface area contributed by atoms with Gasteiger partial charge in [-0.15, -0.1) is 0 Å². The number of aromatic nitrogens is 1. The molecule has 2 aromatic rings. The van der Waals surface area contributed by atoms with Crippen LogP contribution in [0.25, 0.3) is 0 Å². The summed E-state index contributed by atoms with van der Waals surface area (Å²) in [6.07, 6.45) is 1.53. The molecule has 1 heterocycles. The molecule has 0 atom stereocenters. The van der Waals surface area contributed by atoms with Crippen LogP contribution < -0.4 is 0 Å². The molecule has 0 saturated heterocycles. The molecule has 112 valence electrons. The van der Waals surface area contributed by atoms with Crippen molar-refractivity contribution < 1.29 is 9.53 Å². The summed E-state index contributed by atoms with van der Waals surface area (Å²) in [5.41, 5.74) is 2.78. The predicted molar refractivity (Wildman–Crippen MR) is 83.2 cm³/mol. The van der Waals surface area contributed by atoms with Crippen molar-refractivity contribution >= 4 is 5.97 Å². The number of nitrogens with zero attached hydrogens (tertiary/aromatic N) is 2. The molecular formula is C18H18N2O2. The van der Waals surface area contributed by atoms with Gasteiger partial charge in [0.2, 0.25) is 0 Å². The Hall–Kier alpha value is -2.67. The largest absolute Gasteiger partial charge is 0.457 e. The summed E-state index contributed by atoms with van der Waals surface area (Å²) in [6, 6.07) is 12.7. The van der Waals surface area contributed by atoms with E-state index in [9.17, 15) is 4.79 Å². The van der Waals surface area contributed by atoms with Crippen molar-refractivity contribution in [3.05, 3.63) is 65.0 Å². The maximum Gasteiger partial charge on any atom is 0.338 e. The van der Waals surface area contributed by atoms with Crippen molar-refractivity contribution in [2.45, 2.75) is 32.8 Å². The lowest BCUT2D eigenvalue weighted by Gasteiger charge is -2.18. The van der Waals surface area contributed by atoms with Crippen LogP contribution >= 0.6 is 0 Å². The highest BCUT2D eigenvalue weighted by molar-refractivity contribution is 5.89. The van der Waals surface area contributed by atoms with E-state index in [0.29, 0.717) is 11.3 Å². The minimum Gasteiger partial charge on any atom is -0.457 e. The number of rotatable bonds is 3. The molecule has 1 aromatic carbocycles. The third-order valence-corrected chi connectivity index (χ3v) is 3.30. The first kappa shape index (κ1) is 15.7. The zero-order valence-electron chi connectivity index (χ0n) is 13.0. The highest BCUT2D eigenvalue weighted by atomic mass is 16.5. The van der Waals surface area contributed by atoms with Gasteiger partial charge in [0.15, 0.2) is 0 Å². The first-order chi connectivity index (χ1) is 10.4. The average molecular weight is 294 g/mol. The van der Waals surface area contributed by atoms with Crippen LogP contribution in [-0.4, -0.2) is 11.0 Å². The summed E-state index contributed by atoms with van der Waals surface area (Å²) >= 11 is 0. The molecule has 22 heavy (non-hydrogen) atoms. The minimum absolute atomic E-state index is 0.0488. The van der Waals surface area contributed by atoms with Crippen molar-refractivity contribution in [1.82, 2.24) is 4.98 Å². The molecule has 0 fully saturated rings. The van der Waals surface area contributed by atoms with Crippen LogP contribution in [-0.2, 0) is 16.8 Å². The second-order valence-corrected chi connectivity index (χ2v) is 6.06. The van der Waals surface area contributed by atoms with Gasteiger partial charge in [-0.1, -0.05) is 32.9 Å². The third kappa shape index (κ3) is 3.92. The Kier molecular flexibility index (Phi) is 4.57. The van der Waals surface area contributed by atoms with Gasteiger partial charge in [0.05, 0.1) is 5.56 Å². The Bertz CT molecular complexity index is 707. The van der Waals surface area contributed by atoms with Crippen LogP contribution in [0.1, 0.15) is 48.0 Å². The Morgan fingerprint density at radius 2 is 1.91 bits per heavy atom. The Balaban J connectivity index is 2.02. The summed E-state index contributed by atoms with van der Waals surface area (Å²) in [4.78, 5) is 15.9. The average Bonchev–Trinajstić information content (AvgIpc) is 2.52. The first-order valence-electron chi connectivity index (χ1n) is 7.03. The summed E-state index contributed by atoms with van der Waals surface area (Å²) in [7, 11) is 0.